The molecular weight excluding hydrogens is 280 g/mol. The lowest BCUT2D eigenvalue weighted by Crippen LogP contribution is -2.31. The first kappa shape index (κ1) is 16.3. The number of carbonyl (C=O) groups is 1. The van der Waals surface area contributed by atoms with Crippen LogP contribution in [0.15, 0.2) is 23.1 Å². The average molecular weight is 300 g/mol. The van der Waals surface area contributed by atoms with E-state index in [-0.39, 0.29) is 22.5 Å². The summed E-state index contributed by atoms with van der Waals surface area (Å²) in [6, 6.07) is 4.46. The average Bonchev–Trinajstić information content (AvgIpc) is 2.26. The van der Waals surface area contributed by atoms with Crippen molar-refractivity contribution in [3.05, 3.63) is 18.2 Å². The minimum Gasteiger partial charge on any atom is -0.398 e. The molecule has 0 aliphatic carbocycles. The number of nitrogens with two attached hydrogens (primary N) is 2. The smallest absolute Gasteiger partial charge is 0.240 e. The van der Waals surface area contributed by atoms with E-state index >= 15 is 0 Å². The highest BCUT2D eigenvalue weighted by Gasteiger charge is 2.12. The topological polar surface area (TPSA) is 127 Å². The summed E-state index contributed by atoms with van der Waals surface area (Å²) in [4.78, 5) is 11.3. The number of anilines is 2. The molecule has 0 radical (unpaired) electrons. The highest BCUT2D eigenvalue weighted by molar-refractivity contribution is 7.89. The van der Waals surface area contributed by atoms with Crippen molar-refractivity contribution in [2.75, 3.05) is 17.6 Å². The molecule has 0 saturated heterocycles. The van der Waals surface area contributed by atoms with Gasteiger partial charge in [-0.25, -0.2) is 13.6 Å². The fourth-order valence-corrected chi connectivity index (χ4v) is 2.28. The Hall–Kier alpha value is -1.80. The monoisotopic (exact) mass is 300 g/mol. The Kier molecular flexibility index (Phi) is 5.34. The van der Waals surface area contributed by atoms with Crippen LogP contribution in [0.4, 0.5) is 11.4 Å². The third-order valence-electron chi connectivity index (χ3n) is 2.45. The van der Waals surface area contributed by atoms with Gasteiger partial charge in [-0.2, -0.15) is 0 Å². The second-order valence-electron chi connectivity index (χ2n) is 4.70. The highest BCUT2D eigenvalue weighted by Crippen LogP contribution is 2.21. The van der Waals surface area contributed by atoms with Crippen LogP contribution >= 0.6 is 0 Å². The molecule has 8 heteroatoms. The molecule has 1 amide bonds. The maximum absolute atomic E-state index is 11.4. The van der Waals surface area contributed by atoms with Crippen molar-refractivity contribution in [1.29, 1.82) is 0 Å². The minimum atomic E-state index is -3.81. The molecule has 0 heterocycles. The van der Waals surface area contributed by atoms with Gasteiger partial charge in [0.25, 0.3) is 0 Å². The molecule has 1 aromatic rings. The van der Waals surface area contributed by atoms with Crippen molar-refractivity contribution in [1.82, 2.24) is 5.32 Å². The number of nitrogens with one attached hydrogen (secondary N) is 2. The van der Waals surface area contributed by atoms with Crippen molar-refractivity contribution in [3.8, 4) is 0 Å². The van der Waals surface area contributed by atoms with E-state index in [1.165, 1.54) is 12.1 Å². The Bertz CT molecular complexity index is 584. The molecule has 0 aromatic heterocycles. The quantitative estimate of drug-likeness (QED) is 0.560. The maximum atomic E-state index is 11.4. The molecule has 20 heavy (non-hydrogen) atoms. The van der Waals surface area contributed by atoms with Gasteiger partial charge >= 0.3 is 0 Å². The van der Waals surface area contributed by atoms with Crippen LogP contribution in [0.3, 0.4) is 0 Å². The van der Waals surface area contributed by atoms with E-state index < -0.39 is 10.0 Å². The second kappa shape index (κ2) is 6.58. The van der Waals surface area contributed by atoms with Gasteiger partial charge < -0.3 is 16.4 Å². The fraction of sp³-hybridized carbons (Fsp3) is 0.417. The van der Waals surface area contributed by atoms with Gasteiger partial charge in [0.05, 0.1) is 5.69 Å². The molecule has 1 rings (SSSR count). The molecule has 112 valence electrons. The Balaban J connectivity index is 2.59. The fourth-order valence-electron chi connectivity index (χ4n) is 1.63. The minimum absolute atomic E-state index is 0.0540. The summed E-state index contributed by atoms with van der Waals surface area (Å²) in [5.41, 5.74) is 6.33. The lowest BCUT2D eigenvalue weighted by molar-refractivity contribution is -0.121. The van der Waals surface area contributed by atoms with Crippen LogP contribution in [0.25, 0.3) is 0 Å². The van der Waals surface area contributed by atoms with Gasteiger partial charge in [-0.1, -0.05) is 0 Å². The molecule has 7 nitrogen and oxygen atoms in total. The largest absolute Gasteiger partial charge is 0.398 e. The van der Waals surface area contributed by atoms with Gasteiger partial charge in [0, 0.05) is 24.7 Å². The molecule has 6 N–H and O–H groups in total. The zero-order valence-electron chi connectivity index (χ0n) is 11.5. The van der Waals surface area contributed by atoms with E-state index in [1.54, 1.807) is 6.07 Å². The number of carbonyl (C=O) groups excluding carboxylic acids is 1. The number of amides is 1. The molecule has 0 aliphatic heterocycles. The lowest BCUT2D eigenvalue weighted by Gasteiger charge is -2.11. The van der Waals surface area contributed by atoms with E-state index in [4.69, 9.17) is 10.9 Å². The second-order valence-corrected chi connectivity index (χ2v) is 6.23. The summed E-state index contributed by atoms with van der Waals surface area (Å²) < 4.78 is 22.4. The molecule has 0 aliphatic rings. The molecular formula is C12H20N4O3S. The normalized spacial score (nSPS) is 11.4. The molecule has 1 aromatic carbocycles. The number of hydrogen-bond donors (Lipinski definition) is 4. The van der Waals surface area contributed by atoms with Crippen molar-refractivity contribution in [2.24, 2.45) is 5.14 Å². The number of hydrogen-bond acceptors (Lipinski definition) is 5. The van der Waals surface area contributed by atoms with Crippen molar-refractivity contribution in [3.63, 3.8) is 0 Å². The first-order valence-corrected chi connectivity index (χ1v) is 7.70. The number of rotatable bonds is 6. The van der Waals surface area contributed by atoms with Gasteiger partial charge in [-0.3, -0.25) is 4.79 Å². The van der Waals surface area contributed by atoms with Crippen LogP contribution in [0.1, 0.15) is 20.3 Å². The number of primary sulfonamides is 1. The van der Waals surface area contributed by atoms with Crippen molar-refractivity contribution >= 4 is 27.3 Å². The van der Waals surface area contributed by atoms with E-state index in [2.05, 4.69) is 10.6 Å². The summed E-state index contributed by atoms with van der Waals surface area (Å²) in [5.74, 6) is -0.0540. The van der Waals surface area contributed by atoms with Gasteiger partial charge in [-0.05, 0) is 32.0 Å². The van der Waals surface area contributed by atoms with E-state index in [0.29, 0.717) is 18.7 Å². The van der Waals surface area contributed by atoms with Crippen molar-refractivity contribution < 1.29 is 13.2 Å². The summed E-state index contributed by atoms with van der Waals surface area (Å²) in [5, 5.41) is 10.8. The predicted octanol–water partition coefficient (Wildman–Crippen LogP) is 0.243. The molecule has 0 unspecified atom stereocenters. The van der Waals surface area contributed by atoms with E-state index in [1.807, 2.05) is 13.8 Å². The van der Waals surface area contributed by atoms with E-state index in [0.717, 1.165) is 0 Å². The number of nitrogen functional groups attached to an aromatic ring is 1. The van der Waals surface area contributed by atoms with Crippen LogP contribution in [-0.2, 0) is 14.8 Å². The third-order valence-corrected chi connectivity index (χ3v) is 3.43. The van der Waals surface area contributed by atoms with Crippen LogP contribution in [-0.4, -0.2) is 26.9 Å². The summed E-state index contributed by atoms with van der Waals surface area (Å²) in [7, 11) is -3.81. The Morgan fingerprint density at radius 1 is 1.35 bits per heavy atom. The Morgan fingerprint density at radius 3 is 2.50 bits per heavy atom. The van der Waals surface area contributed by atoms with Crippen LogP contribution in [0.5, 0.6) is 0 Å². The molecule has 0 atom stereocenters. The van der Waals surface area contributed by atoms with Crippen LogP contribution < -0.4 is 21.5 Å². The molecule has 0 bridgehead atoms. The summed E-state index contributed by atoms with van der Waals surface area (Å²) in [6.07, 6.45) is 0.315. The summed E-state index contributed by atoms with van der Waals surface area (Å²) in [6.45, 7) is 4.20. The zero-order chi connectivity index (χ0) is 15.3. The standard InChI is InChI=1S/C12H20N4O3S/c1-8(2)16-12(17)5-6-15-9-3-4-11(10(13)7-9)20(14,18)19/h3-4,7-8,15H,5-6,13H2,1-2H3,(H,16,17)(H2,14,18,19). The molecule has 0 spiro atoms. The first-order chi connectivity index (χ1) is 9.20. The van der Waals surface area contributed by atoms with Crippen molar-refractivity contribution in [2.45, 2.75) is 31.2 Å². The maximum Gasteiger partial charge on any atom is 0.240 e. The van der Waals surface area contributed by atoms with Gasteiger partial charge in [-0.15, -0.1) is 0 Å². The van der Waals surface area contributed by atoms with Gasteiger partial charge in [0.2, 0.25) is 15.9 Å². The number of benzene rings is 1. The third kappa shape index (κ3) is 5.06. The lowest BCUT2D eigenvalue weighted by atomic mass is 10.2. The van der Waals surface area contributed by atoms with Crippen LogP contribution in [0.2, 0.25) is 0 Å². The highest BCUT2D eigenvalue weighted by atomic mass is 32.2. The SMILES string of the molecule is CC(C)NC(=O)CCNc1ccc(S(N)(=O)=O)c(N)c1. The zero-order valence-corrected chi connectivity index (χ0v) is 12.3. The van der Waals surface area contributed by atoms with Gasteiger partial charge in [0.15, 0.2) is 0 Å². The molecule has 0 saturated carbocycles. The predicted molar refractivity (Wildman–Crippen MR) is 78.6 cm³/mol. The molecule has 0 fully saturated rings. The van der Waals surface area contributed by atoms with E-state index in [9.17, 15) is 13.2 Å². The Labute approximate surface area is 118 Å². The van der Waals surface area contributed by atoms with Gasteiger partial charge in [0.1, 0.15) is 4.90 Å². The Morgan fingerprint density at radius 2 is 2.00 bits per heavy atom. The van der Waals surface area contributed by atoms with Crippen LogP contribution in [0, 0.1) is 0 Å². The first-order valence-electron chi connectivity index (χ1n) is 6.15. The summed E-state index contributed by atoms with van der Waals surface area (Å²) >= 11 is 0. The number of sulfonamides is 1.